The van der Waals surface area contributed by atoms with E-state index in [1.807, 2.05) is 0 Å². The quantitative estimate of drug-likeness (QED) is 0.654. The largest absolute Gasteiger partial charge is 0.374 e. The molecule has 1 saturated heterocycles. The van der Waals surface area contributed by atoms with Gasteiger partial charge in [0.05, 0.1) is 12.2 Å². The smallest absolute Gasteiger partial charge is 0.0735 e. The Bertz CT molecular complexity index is 150. The Kier molecular flexibility index (Phi) is 2.79. The van der Waals surface area contributed by atoms with Gasteiger partial charge in [-0.25, -0.2) is 0 Å². The molecule has 0 aromatic rings. The molecule has 0 bridgehead atoms. The predicted octanol–water partition coefficient (Wildman–Crippen LogP) is 1.93. The van der Waals surface area contributed by atoms with Crippen molar-refractivity contribution in [3.8, 4) is 0 Å². The van der Waals surface area contributed by atoms with Gasteiger partial charge < -0.3 is 10.5 Å². The van der Waals surface area contributed by atoms with Crippen LogP contribution in [0.25, 0.3) is 0 Å². The van der Waals surface area contributed by atoms with Crippen molar-refractivity contribution in [2.75, 3.05) is 0 Å². The molecule has 0 aromatic heterocycles. The molecule has 3 atom stereocenters. The van der Waals surface area contributed by atoms with Crippen molar-refractivity contribution in [1.82, 2.24) is 0 Å². The lowest BCUT2D eigenvalue weighted by atomic mass is 9.83. The summed E-state index contributed by atoms with van der Waals surface area (Å²) in [4.78, 5) is 0. The summed E-state index contributed by atoms with van der Waals surface area (Å²) in [6, 6.07) is 0.169. The average Bonchev–Trinajstić information content (AvgIpc) is 2.32. The first-order valence-corrected chi connectivity index (χ1v) is 4.82. The summed E-state index contributed by atoms with van der Waals surface area (Å²) in [7, 11) is 0. The minimum atomic E-state index is 0.161. The van der Waals surface area contributed by atoms with E-state index in [9.17, 15) is 0 Å². The third-order valence-corrected chi connectivity index (χ3v) is 2.67. The van der Waals surface area contributed by atoms with Crippen LogP contribution in [0, 0.1) is 5.41 Å². The van der Waals surface area contributed by atoms with Crippen LogP contribution in [0.1, 0.15) is 40.5 Å². The second-order valence-corrected chi connectivity index (χ2v) is 4.95. The highest BCUT2D eigenvalue weighted by atomic mass is 16.5. The minimum Gasteiger partial charge on any atom is -0.374 e. The Labute approximate surface area is 75.5 Å². The van der Waals surface area contributed by atoms with Crippen LogP contribution < -0.4 is 5.73 Å². The number of hydrogen-bond acceptors (Lipinski definition) is 2. The fraction of sp³-hybridized carbons (Fsp3) is 1.00. The van der Waals surface area contributed by atoms with E-state index in [1.165, 1.54) is 0 Å². The highest BCUT2D eigenvalue weighted by Gasteiger charge is 2.33. The van der Waals surface area contributed by atoms with E-state index in [1.54, 1.807) is 0 Å². The molecule has 1 fully saturated rings. The third-order valence-electron chi connectivity index (χ3n) is 2.67. The molecule has 72 valence electrons. The van der Waals surface area contributed by atoms with Gasteiger partial charge in [0.1, 0.15) is 0 Å². The summed E-state index contributed by atoms with van der Waals surface area (Å²) in [5.74, 6) is 0. The van der Waals surface area contributed by atoms with Crippen LogP contribution in [0.2, 0.25) is 0 Å². The Hall–Kier alpha value is -0.0800. The third kappa shape index (κ3) is 2.20. The van der Waals surface area contributed by atoms with Gasteiger partial charge in [-0.1, -0.05) is 20.8 Å². The van der Waals surface area contributed by atoms with Crippen LogP contribution in [0.3, 0.4) is 0 Å². The first-order chi connectivity index (χ1) is 5.41. The normalized spacial score (nSPS) is 33.8. The highest BCUT2D eigenvalue weighted by Crippen LogP contribution is 2.29. The van der Waals surface area contributed by atoms with Gasteiger partial charge in [0.25, 0.3) is 0 Å². The molecule has 2 N–H and O–H groups in total. The lowest BCUT2D eigenvalue weighted by Crippen LogP contribution is -2.45. The molecule has 3 unspecified atom stereocenters. The summed E-state index contributed by atoms with van der Waals surface area (Å²) >= 11 is 0. The predicted molar refractivity (Wildman–Crippen MR) is 51.0 cm³/mol. The fourth-order valence-electron chi connectivity index (χ4n) is 1.66. The SMILES string of the molecule is CC1CCC(C(N)C(C)(C)C)O1. The number of nitrogens with two attached hydrogens (primary N) is 1. The molecule has 12 heavy (non-hydrogen) atoms. The second kappa shape index (κ2) is 3.35. The topological polar surface area (TPSA) is 35.2 Å². The van der Waals surface area contributed by atoms with E-state index >= 15 is 0 Å². The first-order valence-electron chi connectivity index (χ1n) is 4.82. The minimum absolute atomic E-state index is 0.161. The Morgan fingerprint density at radius 1 is 1.33 bits per heavy atom. The highest BCUT2D eigenvalue weighted by molar-refractivity contribution is 4.88. The zero-order valence-corrected chi connectivity index (χ0v) is 8.63. The van der Waals surface area contributed by atoms with Gasteiger partial charge in [-0.15, -0.1) is 0 Å². The maximum Gasteiger partial charge on any atom is 0.0735 e. The summed E-state index contributed by atoms with van der Waals surface area (Å²) < 4.78 is 5.72. The van der Waals surface area contributed by atoms with Gasteiger partial charge in [0, 0.05) is 6.04 Å². The van der Waals surface area contributed by atoms with Crippen LogP contribution in [0.15, 0.2) is 0 Å². The summed E-state index contributed by atoms with van der Waals surface area (Å²) in [6.07, 6.45) is 2.97. The van der Waals surface area contributed by atoms with Crippen LogP contribution in [0.4, 0.5) is 0 Å². The van der Waals surface area contributed by atoms with Crippen LogP contribution in [-0.2, 0) is 4.74 Å². The molecular formula is C10H21NO. The molecule has 2 nitrogen and oxygen atoms in total. The lowest BCUT2D eigenvalue weighted by molar-refractivity contribution is 0.0160. The van der Waals surface area contributed by atoms with Crippen molar-refractivity contribution in [1.29, 1.82) is 0 Å². The van der Waals surface area contributed by atoms with E-state index in [2.05, 4.69) is 27.7 Å². The summed E-state index contributed by atoms with van der Waals surface area (Å²) in [5, 5.41) is 0. The zero-order valence-electron chi connectivity index (χ0n) is 8.63. The van der Waals surface area contributed by atoms with Crippen molar-refractivity contribution in [3.05, 3.63) is 0 Å². The molecule has 1 rings (SSSR count). The van der Waals surface area contributed by atoms with Crippen LogP contribution in [-0.4, -0.2) is 18.2 Å². The molecule has 0 aliphatic carbocycles. The number of hydrogen-bond donors (Lipinski definition) is 1. The van der Waals surface area contributed by atoms with Crippen molar-refractivity contribution >= 4 is 0 Å². The van der Waals surface area contributed by atoms with Crippen molar-refractivity contribution in [3.63, 3.8) is 0 Å². The van der Waals surface area contributed by atoms with Crippen LogP contribution in [0.5, 0.6) is 0 Å². The van der Waals surface area contributed by atoms with E-state index in [0.29, 0.717) is 6.10 Å². The molecule has 2 heteroatoms. The Morgan fingerprint density at radius 2 is 1.92 bits per heavy atom. The van der Waals surface area contributed by atoms with E-state index in [-0.39, 0.29) is 17.6 Å². The van der Waals surface area contributed by atoms with Crippen molar-refractivity contribution < 1.29 is 4.74 Å². The molecular weight excluding hydrogens is 150 g/mol. The van der Waals surface area contributed by atoms with Gasteiger partial charge in [-0.3, -0.25) is 0 Å². The van der Waals surface area contributed by atoms with E-state index in [0.717, 1.165) is 12.8 Å². The Morgan fingerprint density at radius 3 is 2.25 bits per heavy atom. The number of rotatable bonds is 1. The van der Waals surface area contributed by atoms with E-state index < -0.39 is 0 Å². The monoisotopic (exact) mass is 171 g/mol. The molecule has 1 aliphatic heterocycles. The zero-order chi connectivity index (χ0) is 9.35. The second-order valence-electron chi connectivity index (χ2n) is 4.95. The Balaban J connectivity index is 2.48. The fourth-order valence-corrected chi connectivity index (χ4v) is 1.66. The van der Waals surface area contributed by atoms with Gasteiger partial charge in [-0.05, 0) is 25.2 Å². The van der Waals surface area contributed by atoms with Gasteiger partial charge >= 0.3 is 0 Å². The summed E-state index contributed by atoms with van der Waals surface area (Å²) in [5.41, 5.74) is 6.25. The van der Waals surface area contributed by atoms with Crippen molar-refractivity contribution in [2.45, 2.75) is 58.8 Å². The number of ether oxygens (including phenoxy) is 1. The standard InChI is InChI=1S/C10H21NO/c1-7-5-6-8(12-7)9(11)10(2,3)4/h7-9H,5-6,11H2,1-4H3. The molecule has 1 aliphatic rings. The van der Waals surface area contributed by atoms with Gasteiger partial charge in [0.2, 0.25) is 0 Å². The maximum atomic E-state index is 6.09. The van der Waals surface area contributed by atoms with Gasteiger partial charge in [0.15, 0.2) is 0 Å². The molecule has 0 spiro atoms. The molecule has 0 amide bonds. The first kappa shape index (κ1) is 10.0. The van der Waals surface area contributed by atoms with E-state index in [4.69, 9.17) is 10.5 Å². The van der Waals surface area contributed by atoms with Crippen molar-refractivity contribution in [2.24, 2.45) is 11.1 Å². The lowest BCUT2D eigenvalue weighted by Gasteiger charge is -2.31. The molecule has 0 aromatic carbocycles. The molecule has 0 radical (unpaired) electrons. The molecule has 0 saturated carbocycles. The van der Waals surface area contributed by atoms with Crippen LogP contribution >= 0.6 is 0 Å². The molecule has 1 heterocycles. The van der Waals surface area contributed by atoms with Gasteiger partial charge in [-0.2, -0.15) is 0 Å². The maximum absolute atomic E-state index is 6.09. The average molecular weight is 171 g/mol. The summed E-state index contributed by atoms with van der Waals surface area (Å²) in [6.45, 7) is 8.63.